The van der Waals surface area contributed by atoms with Crippen LogP contribution in [0.1, 0.15) is 36.8 Å². The zero-order valence-corrected chi connectivity index (χ0v) is 21.0. The summed E-state index contributed by atoms with van der Waals surface area (Å²) in [5.41, 5.74) is 2.95. The molecule has 5 rings (SSSR count). The Kier molecular flexibility index (Phi) is 7.33. The van der Waals surface area contributed by atoms with Crippen LogP contribution in [0.2, 0.25) is 5.02 Å². The first-order valence-electron chi connectivity index (χ1n) is 12.7. The Balaban J connectivity index is 1.08. The number of benzene rings is 2. The molecule has 3 heterocycles. The van der Waals surface area contributed by atoms with Gasteiger partial charge in [-0.25, -0.2) is 8.78 Å². The summed E-state index contributed by atoms with van der Waals surface area (Å²) >= 11 is 6.27. The van der Waals surface area contributed by atoms with Crippen LogP contribution in [0.4, 0.5) is 14.5 Å². The molecule has 0 saturated carbocycles. The van der Waals surface area contributed by atoms with Gasteiger partial charge in [-0.15, -0.1) is 0 Å². The standard InChI is InChI=1S/C28H32ClF2N3O2/c29-21-2-3-25-24(15-21)28(18-32-25)7-11-33(12-8-28)17-26(35)20-5-9-34(10-6-20)27(36)4-1-19-13-22(30)16-23(31)14-19/h1-4,13-16,20,26,32,35H,5-12,17-18H2. The molecule has 2 N–H and O–H groups in total. The van der Waals surface area contributed by atoms with Gasteiger partial charge in [0.05, 0.1) is 6.10 Å². The van der Waals surface area contributed by atoms with Crippen LogP contribution in [-0.2, 0) is 10.2 Å². The van der Waals surface area contributed by atoms with Crippen molar-refractivity contribution in [3.8, 4) is 0 Å². The number of rotatable bonds is 5. The van der Waals surface area contributed by atoms with Gasteiger partial charge in [0.1, 0.15) is 11.6 Å². The van der Waals surface area contributed by atoms with E-state index in [9.17, 15) is 18.7 Å². The van der Waals surface area contributed by atoms with Crippen molar-refractivity contribution in [1.82, 2.24) is 9.80 Å². The molecule has 3 aliphatic rings. The summed E-state index contributed by atoms with van der Waals surface area (Å²) in [6.45, 7) is 4.59. The number of carbonyl (C=O) groups is 1. The zero-order chi connectivity index (χ0) is 25.3. The molecule has 2 aromatic carbocycles. The van der Waals surface area contributed by atoms with E-state index in [0.717, 1.165) is 56.4 Å². The summed E-state index contributed by atoms with van der Waals surface area (Å²) in [4.78, 5) is 16.6. The first-order valence-corrected chi connectivity index (χ1v) is 13.1. The molecule has 1 spiro atoms. The number of β-amino-alcohol motifs (C(OH)–C–C–N with tert-alkyl or cyclic N) is 1. The number of piperidine rings is 2. The highest BCUT2D eigenvalue weighted by Crippen LogP contribution is 2.45. The van der Waals surface area contributed by atoms with E-state index >= 15 is 0 Å². The van der Waals surface area contributed by atoms with E-state index in [1.54, 1.807) is 4.90 Å². The molecule has 0 aromatic heterocycles. The highest BCUT2D eigenvalue weighted by molar-refractivity contribution is 6.30. The van der Waals surface area contributed by atoms with Gasteiger partial charge in [-0.05, 0) is 92.2 Å². The monoisotopic (exact) mass is 515 g/mol. The van der Waals surface area contributed by atoms with Crippen molar-refractivity contribution in [2.75, 3.05) is 44.6 Å². The van der Waals surface area contributed by atoms with Crippen molar-refractivity contribution < 1.29 is 18.7 Å². The number of anilines is 1. The fourth-order valence-electron chi connectivity index (χ4n) is 5.94. The Morgan fingerprint density at radius 2 is 1.81 bits per heavy atom. The summed E-state index contributed by atoms with van der Waals surface area (Å²) in [5.74, 6) is -1.37. The quantitative estimate of drug-likeness (QED) is 0.567. The van der Waals surface area contributed by atoms with Crippen LogP contribution in [0.3, 0.4) is 0 Å². The average molecular weight is 516 g/mol. The van der Waals surface area contributed by atoms with Gasteiger partial charge in [0.15, 0.2) is 0 Å². The number of amides is 1. The van der Waals surface area contributed by atoms with Gasteiger partial charge in [-0.1, -0.05) is 11.6 Å². The molecule has 0 radical (unpaired) electrons. The molecular formula is C28H32ClF2N3O2. The molecule has 0 bridgehead atoms. The van der Waals surface area contributed by atoms with E-state index < -0.39 is 17.7 Å². The van der Waals surface area contributed by atoms with E-state index in [-0.39, 0.29) is 17.2 Å². The zero-order valence-electron chi connectivity index (χ0n) is 20.2. The van der Waals surface area contributed by atoms with Crippen molar-refractivity contribution in [1.29, 1.82) is 0 Å². The van der Waals surface area contributed by atoms with Gasteiger partial charge in [-0.3, -0.25) is 4.79 Å². The van der Waals surface area contributed by atoms with Crippen LogP contribution in [0, 0.1) is 17.6 Å². The van der Waals surface area contributed by atoms with Crippen molar-refractivity contribution in [3.05, 3.63) is 70.3 Å². The molecule has 0 aliphatic carbocycles. The lowest BCUT2D eigenvalue weighted by atomic mass is 9.74. The number of fused-ring (bicyclic) bond motifs is 2. The number of likely N-dealkylation sites (tertiary alicyclic amines) is 2. The third-order valence-electron chi connectivity index (χ3n) is 8.13. The molecule has 2 fully saturated rings. The maximum atomic E-state index is 13.3. The molecule has 8 heteroatoms. The predicted octanol–water partition coefficient (Wildman–Crippen LogP) is 4.69. The van der Waals surface area contributed by atoms with E-state index in [1.807, 2.05) is 6.07 Å². The second-order valence-electron chi connectivity index (χ2n) is 10.4. The lowest BCUT2D eigenvalue weighted by molar-refractivity contribution is -0.128. The molecule has 2 saturated heterocycles. The minimum Gasteiger partial charge on any atom is -0.392 e. The van der Waals surface area contributed by atoms with Crippen molar-refractivity contribution in [3.63, 3.8) is 0 Å². The van der Waals surface area contributed by atoms with Gasteiger partial charge in [0.25, 0.3) is 0 Å². The van der Waals surface area contributed by atoms with Crippen molar-refractivity contribution in [2.24, 2.45) is 5.92 Å². The number of aliphatic hydroxyl groups is 1. The molecule has 1 amide bonds. The van der Waals surface area contributed by atoms with E-state index in [2.05, 4.69) is 22.3 Å². The normalized spacial score (nSPS) is 21.1. The molecule has 36 heavy (non-hydrogen) atoms. The largest absolute Gasteiger partial charge is 0.392 e. The molecule has 5 nitrogen and oxygen atoms in total. The number of nitrogens with zero attached hydrogens (tertiary/aromatic N) is 2. The Labute approximate surface area is 215 Å². The molecule has 3 aliphatic heterocycles. The van der Waals surface area contributed by atoms with Gasteiger partial charge in [-0.2, -0.15) is 0 Å². The third-order valence-corrected chi connectivity index (χ3v) is 8.36. The number of nitrogens with one attached hydrogen (secondary N) is 1. The van der Waals surface area contributed by atoms with Crippen LogP contribution in [0.25, 0.3) is 6.08 Å². The van der Waals surface area contributed by atoms with Crippen LogP contribution in [0.15, 0.2) is 42.5 Å². The maximum absolute atomic E-state index is 13.3. The summed E-state index contributed by atoms with van der Waals surface area (Å²) in [6.07, 6.45) is 5.92. The molecule has 192 valence electrons. The molecular weight excluding hydrogens is 484 g/mol. The van der Waals surface area contributed by atoms with Crippen molar-refractivity contribution in [2.45, 2.75) is 37.2 Å². The summed E-state index contributed by atoms with van der Waals surface area (Å²) in [6, 6.07) is 9.28. The summed E-state index contributed by atoms with van der Waals surface area (Å²) in [5, 5.41) is 15.3. The SMILES string of the molecule is O=C(C=Cc1cc(F)cc(F)c1)N1CCC(C(O)CN2CCC3(CC2)CNc2ccc(Cl)cc23)CC1. The Morgan fingerprint density at radius 3 is 2.50 bits per heavy atom. The van der Waals surface area contributed by atoms with E-state index in [0.29, 0.717) is 25.2 Å². The Hall–Kier alpha value is -2.48. The minimum atomic E-state index is -0.671. The third kappa shape index (κ3) is 5.43. The smallest absolute Gasteiger partial charge is 0.246 e. The predicted molar refractivity (Wildman–Crippen MR) is 138 cm³/mol. The topological polar surface area (TPSA) is 55.8 Å². The van der Waals surface area contributed by atoms with E-state index in [4.69, 9.17) is 11.6 Å². The van der Waals surface area contributed by atoms with Crippen LogP contribution in [-0.4, -0.2) is 66.2 Å². The number of carbonyl (C=O) groups excluding carboxylic acids is 1. The van der Waals surface area contributed by atoms with Gasteiger partial charge < -0.3 is 20.2 Å². The lowest BCUT2D eigenvalue weighted by Crippen LogP contribution is -2.48. The van der Waals surface area contributed by atoms with Gasteiger partial charge in [0, 0.05) is 54.4 Å². The van der Waals surface area contributed by atoms with Crippen LogP contribution in [0.5, 0.6) is 0 Å². The first-order chi connectivity index (χ1) is 17.3. The molecule has 1 atom stereocenters. The number of aliphatic hydroxyl groups excluding tert-OH is 1. The minimum absolute atomic E-state index is 0.123. The lowest BCUT2D eigenvalue weighted by Gasteiger charge is -2.41. The fraction of sp³-hybridized carbons (Fsp3) is 0.464. The second kappa shape index (κ2) is 10.5. The van der Waals surface area contributed by atoms with E-state index in [1.165, 1.54) is 35.5 Å². The van der Waals surface area contributed by atoms with Gasteiger partial charge >= 0.3 is 0 Å². The highest BCUT2D eigenvalue weighted by Gasteiger charge is 2.42. The average Bonchev–Trinajstić information content (AvgIpc) is 3.20. The van der Waals surface area contributed by atoms with Crippen LogP contribution >= 0.6 is 11.6 Å². The fourth-order valence-corrected chi connectivity index (χ4v) is 6.11. The Bertz CT molecular complexity index is 1120. The second-order valence-corrected chi connectivity index (χ2v) is 10.8. The number of hydrogen-bond acceptors (Lipinski definition) is 4. The van der Waals surface area contributed by atoms with Gasteiger partial charge in [0.2, 0.25) is 5.91 Å². The summed E-state index contributed by atoms with van der Waals surface area (Å²) in [7, 11) is 0. The maximum Gasteiger partial charge on any atom is 0.246 e. The highest BCUT2D eigenvalue weighted by atomic mass is 35.5. The molecule has 2 aromatic rings. The summed E-state index contributed by atoms with van der Waals surface area (Å²) < 4.78 is 26.7. The van der Waals surface area contributed by atoms with Crippen LogP contribution < -0.4 is 5.32 Å². The van der Waals surface area contributed by atoms with Crippen molar-refractivity contribution >= 4 is 29.3 Å². The Morgan fingerprint density at radius 1 is 1.11 bits per heavy atom. The first kappa shape index (κ1) is 25.2. The number of hydrogen-bond donors (Lipinski definition) is 2. The molecule has 1 unspecified atom stereocenters. The number of halogens is 3.